The normalized spacial score (nSPS) is 10.9. The van der Waals surface area contributed by atoms with Crippen molar-refractivity contribution >= 4 is 22.7 Å². The summed E-state index contributed by atoms with van der Waals surface area (Å²) in [5.41, 5.74) is 3.91. The van der Waals surface area contributed by atoms with E-state index in [9.17, 15) is 9.59 Å². The molecule has 2 aromatic rings. The first kappa shape index (κ1) is 12.4. The van der Waals surface area contributed by atoms with Gasteiger partial charge in [-0.1, -0.05) is 6.07 Å². The number of rotatable bonds is 2. The third-order valence-corrected chi connectivity index (χ3v) is 3.36. The van der Waals surface area contributed by atoms with E-state index in [1.54, 1.807) is 6.92 Å². The molecule has 0 radical (unpaired) electrons. The molecule has 1 aromatic carbocycles. The first-order chi connectivity index (χ1) is 8.34. The second kappa shape index (κ2) is 3.98. The van der Waals surface area contributed by atoms with Gasteiger partial charge in [0.25, 0.3) is 5.78 Å². The van der Waals surface area contributed by atoms with E-state index in [1.807, 2.05) is 37.6 Å². The highest BCUT2D eigenvalue weighted by atomic mass is 16.4. The van der Waals surface area contributed by atoms with E-state index in [1.165, 1.54) is 0 Å². The van der Waals surface area contributed by atoms with Gasteiger partial charge in [0, 0.05) is 23.6 Å². The highest BCUT2D eigenvalue weighted by Crippen LogP contribution is 2.29. The minimum atomic E-state index is -1.41. The minimum absolute atomic E-state index is 0.303. The SMILES string of the molecule is Cc1cc(C)c2c(C(=O)C(=O)O)c(C)n(C)c2c1. The van der Waals surface area contributed by atoms with Crippen LogP contribution >= 0.6 is 0 Å². The molecule has 0 aliphatic rings. The third-order valence-electron chi connectivity index (χ3n) is 3.36. The number of benzene rings is 1. The molecule has 1 N–H and O–H groups in total. The second-order valence-electron chi connectivity index (χ2n) is 4.63. The molecule has 0 unspecified atom stereocenters. The number of carbonyl (C=O) groups is 2. The number of nitrogens with zero attached hydrogens (tertiary/aromatic N) is 1. The van der Waals surface area contributed by atoms with Crippen molar-refractivity contribution in [1.29, 1.82) is 0 Å². The van der Waals surface area contributed by atoms with Crippen molar-refractivity contribution in [1.82, 2.24) is 4.57 Å². The van der Waals surface area contributed by atoms with E-state index in [0.29, 0.717) is 11.3 Å². The zero-order valence-electron chi connectivity index (χ0n) is 10.9. The fraction of sp³-hybridized carbons (Fsp3) is 0.286. The Hall–Kier alpha value is -2.10. The number of hydrogen-bond acceptors (Lipinski definition) is 2. The van der Waals surface area contributed by atoms with E-state index >= 15 is 0 Å². The molecule has 1 heterocycles. The zero-order valence-corrected chi connectivity index (χ0v) is 10.9. The van der Waals surface area contributed by atoms with Crippen LogP contribution in [0.3, 0.4) is 0 Å². The Morgan fingerprint density at radius 2 is 1.78 bits per heavy atom. The smallest absolute Gasteiger partial charge is 0.377 e. The molecule has 94 valence electrons. The molecule has 0 aliphatic carbocycles. The monoisotopic (exact) mass is 245 g/mol. The van der Waals surface area contributed by atoms with Crippen molar-refractivity contribution in [2.24, 2.45) is 7.05 Å². The van der Waals surface area contributed by atoms with Gasteiger partial charge < -0.3 is 9.67 Å². The average Bonchev–Trinajstić information content (AvgIpc) is 2.52. The number of carboxylic acid groups (broad SMARTS) is 1. The number of fused-ring (bicyclic) bond motifs is 1. The average molecular weight is 245 g/mol. The van der Waals surface area contributed by atoms with E-state index in [0.717, 1.165) is 22.0 Å². The van der Waals surface area contributed by atoms with Crippen molar-refractivity contribution < 1.29 is 14.7 Å². The van der Waals surface area contributed by atoms with Crippen LogP contribution in [0.15, 0.2) is 12.1 Å². The minimum Gasteiger partial charge on any atom is -0.475 e. The van der Waals surface area contributed by atoms with Gasteiger partial charge in [-0.3, -0.25) is 4.79 Å². The highest BCUT2D eigenvalue weighted by molar-refractivity contribution is 6.42. The molecule has 1 aromatic heterocycles. The predicted molar refractivity (Wildman–Crippen MR) is 69.1 cm³/mol. The lowest BCUT2D eigenvalue weighted by atomic mass is 10.0. The van der Waals surface area contributed by atoms with E-state index < -0.39 is 11.8 Å². The Morgan fingerprint density at radius 3 is 2.33 bits per heavy atom. The van der Waals surface area contributed by atoms with Crippen LogP contribution in [0.5, 0.6) is 0 Å². The van der Waals surface area contributed by atoms with Crippen LogP contribution < -0.4 is 0 Å². The molecule has 18 heavy (non-hydrogen) atoms. The van der Waals surface area contributed by atoms with Gasteiger partial charge >= 0.3 is 5.97 Å². The van der Waals surface area contributed by atoms with Crippen LogP contribution in [0.25, 0.3) is 10.9 Å². The Balaban J connectivity index is 2.94. The van der Waals surface area contributed by atoms with Gasteiger partial charge in [-0.05, 0) is 38.0 Å². The number of Topliss-reactive ketones (excluding diaryl/α,β-unsaturated/α-hetero) is 1. The Kier molecular flexibility index (Phi) is 2.73. The first-order valence-corrected chi connectivity index (χ1v) is 5.68. The Labute approximate surface area is 105 Å². The molecule has 0 atom stereocenters. The summed E-state index contributed by atoms with van der Waals surface area (Å²) in [6, 6.07) is 3.92. The molecule has 0 bridgehead atoms. The zero-order chi connectivity index (χ0) is 13.6. The van der Waals surface area contributed by atoms with Gasteiger partial charge in [-0.15, -0.1) is 0 Å². The lowest BCUT2D eigenvalue weighted by Gasteiger charge is -2.02. The van der Waals surface area contributed by atoms with Crippen LogP contribution in [-0.2, 0) is 11.8 Å². The fourth-order valence-electron chi connectivity index (χ4n) is 2.45. The number of ketones is 1. The molecule has 2 rings (SSSR count). The maximum Gasteiger partial charge on any atom is 0.377 e. The van der Waals surface area contributed by atoms with Crippen LogP contribution in [-0.4, -0.2) is 21.4 Å². The summed E-state index contributed by atoms with van der Waals surface area (Å²) in [7, 11) is 1.84. The van der Waals surface area contributed by atoms with Crippen LogP contribution in [0, 0.1) is 20.8 Å². The summed E-state index contributed by atoms with van der Waals surface area (Å²) in [5, 5.41) is 9.66. The van der Waals surface area contributed by atoms with Gasteiger partial charge in [0.1, 0.15) is 0 Å². The molecule has 4 heteroatoms. The molecule has 0 aliphatic heterocycles. The van der Waals surface area contributed by atoms with Gasteiger partial charge in [-0.25, -0.2) is 4.79 Å². The molecule has 4 nitrogen and oxygen atoms in total. The fourth-order valence-corrected chi connectivity index (χ4v) is 2.45. The van der Waals surface area contributed by atoms with E-state index in [4.69, 9.17) is 5.11 Å². The Bertz CT molecular complexity index is 680. The second-order valence-corrected chi connectivity index (χ2v) is 4.63. The van der Waals surface area contributed by atoms with Crippen molar-refractivity contribution in [3.8, 4) is 0 Å². The standard InChI is InChI=1S/C14H15NO3/c1-7-5-8(2)11-10(6-7)15(4)9(3)12(11)13(16)14(17)18/h5-6H,1-4H3,(H,17,18). The van der Waals surface area contributed by atoms with E-state index in [-0.39, 0.29) is 0 Å². The summed E-state index contributed by atoms with van der Waals surface area (Å²) >= 11 is 0. The number of aliphatic carboxylic acids is 1. The number of hydrogen-bond donors (Lipinski definition) is 1. The first-order valence-electron chi connectivity index (χ1n) is 5.68. The molecule has 0 amide bonds. The number of aryl methyl sites for hydroxylation is 3. The number of carbonyl (C=O) groups excluding carboxylic acids is 1. The highest BCUT2D eigenvalue weighted by Gasteiger charge is 2.24. The summed E-state index contributed by atoms with van der Waals surface area (Å²) in [5.74, 6) is -2.25. The molecule has 0 saturated carbocycles. The number of aromatic nitrogens is 1. The molecular formula is C14H15NO3. The molecule has 0 saturated heterocycles. The molecule has 0 spiro atoms. The number of carboxylic acids is 1. The van der Waals surface area contributed by atoms with E-state index in [2.05, 4.69) is 0 Å². The van der Waals surface area contributed by atoms with Gasteiger partial charge in [0.05, 0.1) is 5.56 Å². The lowest BCUT2D eigenvalue weighted by molar-refractivity contribution is -0.131. The summed E-state index contributed by atoms with van der Waals surface area (Å²) in [6.45, 7) is 5.64. The van der Waals surface area contributed by atoms with Crippen LogP contribution in [0.2, 0.25) is 0 Å². The maximum absolute atomic E-state index is 11.8. The van der Waals surface area contributed by atoms with Crippen molar-refractivity contribution in [3.63, 3.8) is 0 Å². The van der Waals surface area contributed by atoms with Crippen LogP contribution in [0.1, 0.15) is 27.2 Å². The van der Waals surface area contributed by atoms with Gasteiger partial charge in [0.2, 0.25) is 0 Å². The maximum atomic E-state index is 11.8. The summed E-state index contributed by atoms with van der Waals surface area (Å²) < 4.78 is 1.87. The third kappa shape index (κ3) is 1.61. The molecule has 0 fully saturated rings. The van der Waals surface area contributed by atoms with Crippen molar-refractivity contribution in [2.75, 3.05) is 0 Å². The topological polar surface area (TPSA) is 59.3 Å². The summed E-state index contributed by atoms with van der Waals surface area (Å²) in [6.07, 6.45) is 0. The summed E-state index contributed by atoms with van der Waals surface area (Å²) in [4.78, 5) is 22.7. The predicted octanol–water partition coefficient (Wildman–Crippen LogP) is 2.37. The largest absolute Gasteiger partial charge is 0.475 e. The van der Waals surface area contributed by atoms with Crippen molar-refractivity contribution in [3.05, 3.63) is 34.5 Å². The molecular weight excluding hydrogens is 230 g/mol. The van der Waals surface area contributed by atoms with Gasteiger partial charge in [-0.2, -0.15) is 0 Å². The lowest BCUT2D eigenvalue weighted by Crippen LogP contribution is -2.14. The van der Waals surface area contributed by atoms with Crippen LogP contribution in [0.4, 0.5) is 0 Å². The Morgan fingerprint density at radius 1 is 1.17 bits per heavy atom. The quantitative estimate of drug-likeness (QED) is 0.652. The van der Waals surface area contributed by atoms with Crippen molar-refractivity contribution in [2.45, 2.75) is 20.8 Å². The van der Waals surface area contributed by atoms with Gasteiger partial charge in [0.15, 0.2) is 0 Å².